The first-order chi connectivity index (χ1) is 12.4. The Bertz CT molecular complexity index is 448. The Morgan fingerprint density at radius 3 is 2.69 bits per heavy atom. The Kier molecular flexibility index (Phi) is 11.4. The summed E-state index contributed by atoms with van der Waals surface area (Å²) in [5.74, 6) is -0.801. The fourth-order valence-electron chi connectivity index (χ4n) is 2.97. The normalized spacial score (nSPS) is 25.9. The third kappa shape index (κ3) is 9.48. The van der Waals surface area contributed by atoms with E-state index in [1.54, 1.807) is 12.2 Å². The molecule has 0 unspecified atom stereocenters. The number of hydrogen-bond acceptors (Lipinski definition) is 5. The number of ether oxygens (including phenoxy) is 1. The van der Waals surface area contributed by atoms with E-state index in [2.05, 4.69) is 6.92 Å². The highest BCUT2D eigenvalue weighted by Crippen LogP contribution is 2.26. The van der Waals surface area contributed by atoms with E-state index < -0.39 is 30.4 Å². The molecule has 0 aromatic heterocycles. The van der Waals surface area contributed by atoms with Crippen molar-refractivity contribution in [3.05, 3.63) is 24.3 Å². The van der Waals surface area contributed by atoms with E-state index in [0.29, 0.717) is 32.1 Å². The molecule has 1 aliphatic rings. The molecule has 0 aromatic rings. The number of aliphatic hydroxyl groups excluding tert-OH is 3. The summed E-state index contributed by atoms with van der Waals surface area (Å²) in [6, 6.07) is 0. The minimum atomic E-state index is -0.801. The van der Waals surface area contributed by atoms with Crippen molar-refractivity contribution in [2.24, 2.45) is 0 Å². The van der Waals surface area contributed by atoms with Crippen LogP contribution in [0.2, 0.25) is 0 Å². The molecular weight excluding hydrogens is 336 g/mol. The maximum absolute atomic E-state index is 10.4. The van der Waals surface area contributed by atoms with Crippen LogP contribution in [0.4, 0.5) is 0 Å². The molecule has 0 bridgehead atoms. The van der Waals surface area contributed by atoms with Crippen molar-refractivity contribution in [3.63, 3.8) is 0 Å². The summed E-state index contributed by atoms with van der Waals surface area (Å²) in [6.07, 6.45) is 10.2. The summed E-state index contributed by atoms with van der Waals surface area (Å²) >= 11 is 0. The second kappa shape index (κ2) is 13.0. The average molecular weight is 370 g/mol. The minimum Gasteiger partial charge on any atom is -0.481 e. The van der Waals surface area contributed by atoms with Crippen LogP contribution in [0.15, 0.2) is 24.3 Å². The number of carboxylic acid groups (broad SMARTS) is 1. The monoisotopic (exact) mass is 370 g/mol. The minimum absolute atomic E-state index is 0.148. The van der Waals surface area contributed by atoms with Crippen LogP contribution in [-0.2, 0) is 9.53 Å². The fourth-order valence-corrected chi connectivity index (χ4v) is 2.97. The number of hydrogen-bond donors (Lipinski definition) is 4. The molecule has 0 aromatic carbocycles. The van der Waals surface area contributed by atoms with Crippen LogP contribution in [0.1, 0.15) is 64.7 Å². The van der Waals surface area contributed by atoms with Gasteiger partial charge in [-0.3, -0.25) is 4.79 Å². The van der Waals surface area contributed by atoms with Crippen LogP contribution < -0.4 is 0 Å². The lowest BCUT2D eigenvalue weighted by Gasteiger charge is -2.18. The second-order valence-electron chi connectivity index (χ2n) is 6.95. The predicted octanol–water partition coefficient (Wildman–Crippen LogP) is 2.56. The van der Waals surface area contributed by atoms with Crippen LogP contribution in [0.25, 0.3) is 0 Å². The van der Waals surface area contributed by atoms with Gasteiger partial charge in [0.15, 0.2) is 0 Å². The predicted molar refractivity (Wildman–Crippen MR) is 99.8 cm³/mol. The van der Waals surface area contributed by atoms with Crippen LogP contribution in [0, 0.1) is 0 Å². The Labute approximate surface area is 156 Å². The molecule has 1 rings (SSSR count). The molecule has 1 saturated heterocycles. The molecule has 1 heterocycles. The number of aliphatic hydroxyl groups is 3. The molecule has 6 heteroatoms. The largest absolute Gasteiger partial charge is 0.481 e. The molecule has 1 fully saturated rings. The Balaban J connectivity index is 2.29. The van der Waals surface area contributed by atoms with Gasteiger partial charge in [-0.2, -0.15) is 0 Å². The van der Waals surface area contributed by atoms with Crippen molar-refractivity contribution in [2.75, 3.05) is 0 Å². The zero-order valence-electron chi connectivity index (χ0n) is 15.7. The van der Waals surface area contributed by atoms with Crippen molar-refractivity contribution < 1.29 is 30.0 Å². The molecule has 150 valence electrons. The van der Waals surface area contributed by atoms with Gasteiger partial charge in [-0.25, -0.2) is 0 Å². The maximum Gasteiger partial charge on any atom is 0.303 e. The fraction of sp³-hybridized carbons (Fsp3) is 0.750. The van der Waals surface area contributed by atoms with E-state index in [-0.39, 0.29) is 12.5 Å². The number of unbranched alkanes of at least 4 members (excludes halogenated alkanes) is 3. The highest BCUT2D eigenvalue weighted by atomic mass is 16.5. The smallest absolute Gasteiger partial charge is 0.303 e. The standard InChI is InChI=1S/C20H34O6/c1-2-3-6-10-16(22)19-14-17(23)18(26-19)13-12-15(21)9-7-4-5-8-11-20(24)25/h4,7,12-13,15-19,21-23H,2-3,5-6,8-11,14H2,1H3,(H,24,25)/b7-4-,13-12+/t15-,16-,17-,18-,19-/m1/s1. The van der Waals surface area contributed by atoms with Crippen LogP contribution >= 0.6 is 0 Å². The quantitative estimate of drug-likeness (QED) is 0.293. The Hall–Kier alpha value is -1.21. The van der Waals surface area contributed by atoms with Gasteiger partial charge >= 0.3 is 5.97 Å². The van der Waals surface area contributed by atoms with Crippen LogP contribution in [0.5, 0.6) is 0 Å². The first kappa shape index (κ1) is 22.8. The maximum atomic E-state index is 10.4. The first-order valence-corrected chi connectivity index (χ1v) is 9.68. The lowest BCUT2D eigenvalue weighted by atomic mass is 10.0. The van der Waals surface area contributed by atoms with Gasteiger partial charge < -0.3 is 25.2 Å². The van der Waals surface area contributed by atoms with Crippen molar-refractivity contribution in [1.29, 1.82) is 0 Å². The number of allylic oxidation sites excluding steroid dienone is 1. The topological polar surface area (TPSA) is 107 Å². The summed E-state index contributed by atoms with van der Waals surface area (Å²) in [4.78, 5) is 10.4. The lowest BCUT2D eigenvalue weighted by Crippen LogP contribution is -2.26. The summed E-state index contributed by atoms with van der Waals surface area (Å²) in [7, 11) is 0. The summed E-state index contributed by atoms with van der Waals surface area (Å²) in [5.41, 5.74) is 0. The Morgan fingerprint density at radius 2 is 2.00 bits per heavy atom. The van der Waals surface area contributed by atoms with E-state index in [1.807, 2.05) is 12.2 Å². The molecule has 6 nitrogen and oxygen atoms in total. The highest BCUT2D eigenvalue weighted by molar-refractivity contribution is 5.66. The van der Waals surface area contributed by atoms with E-state index in [9.17, 15) is 20.1 Å². The van der Waals surface area contributed by atoms with Crippen molar-refractivity contribution in [1.82, 2.24) is 0 Å². The second-order valence-corrected chi connectivity index (χ2v) is 6.95. The lowest BCUT2D eigenvalue weighted by molar-refractivity contribution is -0.137. The van der Waals surface area contributed by atoms with Gasteiger partial charge in [0, 0.05) is 12.8 Å². The van der Waals surface area contributed by atoms with Crippen LogP contribution in [0.3, 0.4) is 0 Å². The van der Waals surface area contributed by atoms with Gasteiger partial charge in [0.25, 0.3) is 0 Å². The number of aliphatic carboxylic acids is 1. The van der Waals surface area contributed by atoms with E-state index in [4.69, 9.17) is 9.84 Å². The van der Waals surface area contributed by atoms with Crippen molar-refractivity contribution in [2.45, 2.75) is 95.2 Å². The molecule has 0 saturated carbocycles. The van der Waals surface area contributed by atoms with Gasteiger partial charge in [-0.1, -0.05) is 50.5 Å². The summed E-state index contributed by atoms with van der Waals surface area (Å²) < 4.78 is 5.73. The molecule has 0 radical (unpaired) electrons. The molecule has 0 aliphatic carbocycles. The summed E-state index contributed by atoms with van der Waals surface area (Å²) in [5, 5.41) is 38.7. The van der Waals surface area contributed by atoms with Crippen molar-refractivity contribution >= 4 is 5.97 Å². The first-order valence-electron chi connectivity index (χ1n) is 9.68. The zero-order valence-corrected chi connectivity index (χ0v) is 15.7. The highest BCUT2D eigenvalue weighted by Gasteiger charge is 2.36. The van der Waals surface area contributed by atoms with Gasteiger partial charge in [0.2, 0.25) is 0 Å². The SMILES string of the molecule is CCCCC[C@@H](O)[C@H]1C[C@@H](O)[C@@H](/C=C/[C@H](O)C/C=C\CCCC(=O)O)O1. The number of carbonyl (C=O) groups is 1. The molecule has 4 N–H and O–H groups in total. The van der Waals surface area contributed by atoms with E-state index in [1.165, 1.54) is 0 Å². The van der Waals surface area contributed by atoms with Crippen molar-refractivity contribution in [3.8, 4) is 0 Å². The number of carboxylic acids is 1. The molecule has 5 atom stereocenters. The summed E-state index contributed by atoms with van der Waals surface area (Å²) in [6.45, 7) is 2.11. The molecular formula is C20H34O6. The average Bonchev–Trinajstić information content (AvgIpc) is 2.97. The zero-order chi connectivity index (χ0) is 19.4. The third-order valence-electron chi connectivity index (χ3n) is 4.55. The molecule has 26 heavy (non-hydrogen) atoms. The van der Waals surface area contributed by atoms with E-state index in [0.717, 1.165) is 19.3 Å². The van der Waals surface area contributed by atoms with E-state index >= 15 is 0 Å². The molecule has 0 spiro atoms. The molecule has 1 aliphatic heterocycles. The Morgan fingerprint density at radius 1 is 1.23 bits per heavy atom. The number of rotatable bonds is 13. The third-order valence-corrected chi connectivity index (χ3v) is 4.55. The van der Waals surface area contributed by atoms with Gasteiger partial charge in [-0.05, 0) is 25.7 Å². The van der Waals surface area contributed by atoms with Gasteiger partial charge in [-0.15, -0.1) is 0 Å². The van der Waals surface area contributed by atoms with Gasteiger partial charge in [0.05, 0.1) is 24.4 Å². The molecule has 0 amide bonds. The van der Waals surface area contributed by atoms with Gasteiger partial charge in [0.1, 0.15) is 6.10 Å². The van der Waals surface area contributed by atoms with Crippen LogP contribution in [-0.4, -0.2) is 56.9 Å².